The summed E-state index contributed by atoms with van der Waals surface area (Å²) in [6, 6.07) is 6.78. The lowest BCUT2D eigenvalue weighted by Crippen LogP contribution is -2.06. The SMILES string of the molecule is C=C[C@@H](C)[C@H](O)c1ccccc1O. The molecule has 0 heterocycles. The fourth-order valence-corrected chi connectivity index (χ4v) is 1.15. The molecule has 1 aromatic rings. The maximum absolute atomic E-state index is 9.74. The minimum absolute atomic E-state index is 0.0618. The van der Waals surface area contributed by atoms with E-state index in [2.05, 4.69) is 6.58 Å². The highest BCUT2D eigenvalue weighted by Crippen LogP contribution is 2.29. The topological polar surface area (TPSA) is 40.5 Å². The molecule has 70 valence electrons. The summed E-state index contributed by atoms with van der Waals surface area (Å²) in [6.45, 7) is 5.45. The third kappa shape index (κ3) is 2.10. The van der Waals surface area contributed by atoms with Crippen LogP contribution in [0.1, 0.15) is 18.6 Å². The van der Waals surface area contributed by atoms with Crippen LogP contribution in [0.5, 0.6) is 5.75 Å². The van der Waals surface area contributed by atoms with E-state index in [1.54, 1.807) is 30.3 Å². The molecule has 0 fully saturated rings. The Hall–Kier alpha value is -1.28. The van der Waals surface area contributed by atoms with Gasteiger partial charge in [-0.2, -0.15) is 0 Å². The van der Waals surface area contributed by atoms with Gasteiger partial charge in [0.25, 0.3) is 0 Å². The first-order valence-electron chi connectivity index (χ1n) is 4.25. The Kier molecular flexibility index (Phi) is 3.09. The second-order valence-electron chi connectivity index (χ2n) is 3.10. The molecule has 0 aromatic heterocycles. The van der Waals surface area contributed by atoms with E-state index in [0.717, 1.165) is 0 Å². The average Bonchev–Trinajstić information content (AvgIpc) is 2.16. The van der Waals surface area contributed by atoms with Crippen molar-refractivity contribution >= 4 is 0 Å². The largest absolute Gasteiger partial charge is 0.508 e. The van der Waals surface area contributed by atoms with Crippen molar-refractivity contribution in [2.75, 3.05) is 0 Å². The van der Waals surface area contributed by atoms with Crippen molar-refractivity contribution in [2.45, 2.75) is 13.0 Å². The van der Waals surface area contributed by atoms with E-state index in [-0.39, 0.29) is 11.7 Å². The molecule has 0 bridgehead atoms. The van der Waals surface area contributed by atoms with Crippen molar-refractivity contribution in [1.82, 2.24) is 0 Å². The number of hydrogen-bond donors (Lipinski definition) is 2. The van der Waals surface area contributed by atoms with Crippen LogP contribution in [0.3, 0.4) is 0 Å². The van der Waals surface area contributed by atoms with Crippen LogP contribution in [0.15, 0.2) is 36.9 Å². The van der Waals surface area contributed by atoms with Crippen molar-refractivity contribution in [3.8, 4) is 5.75 Å². The highest BCUT2D eigenvalue weighted by Gasteiger charge is 2.15. The molecule has 0 spiro atoms. The van der Waals surface area contributed by atoms with E-state index in [1.165, 1.54) is 0 Å². The molecule has 0 aliphatic heterocycles. The van der Waals surface area contributed by atoms with Crippen LogP contribution in [0, 0.1) is 5.92 Å². The highest BCUT2D eigenvalue weighted by molar-refractivity contribution is 5.34. The van der Waals surface area contributed by atoms with Gasteiger partial charge in [-0.15, -0.1) is 6.58 Å². The Morgan fingerprint density at radius 2 is 2.00 bits per heavy atom. The Bertz CT molecular complexity index is 294. The summed E-state index contributed by atoms with van der Waals surface area (Å²) >= 11 is 0. The molecule has 1 rings (SSSR count). The van der Waals surface area contributed by atoms with Gasteiger partial charge >= 0.3 is 0 Å². The van der Waals surface area contributed by atoms with Crippen LogP contribution < -0.4 is 0 Å². The Labute approximate surface area is 78.2 Å². The molecular formula is C11H14O2. The van der Waals surface area contributed by atoms with Gasteiger partial charge in [-0.1, -0.05) is 31.2 Å². The lowest BCUT2D eigenvalue weighted by molar-refractivity contribution is 0.136. The van der Waals surface area contributed by atoms with Gasteiger partial charge in [-0.05, 0) is 6.07 Å². The smallest absolute Gasteiger partial charge is 0.121 e. The fraction of sp³-hybridized carbons (Fsp3) is 0.273. The van der Waals surface area contributed by atoms with Crippen molar-refractivity contribution in [1.29, 1.82) is 0 Å². The van der Waals surface area contributed by atoms with Crippen LogP contribution in [0.2, 0.25) is 0 Å². The molecule has 0 aliphatic carbocycles. The molecule has 0 unspecified atom stereocenters. The molecule has 0 aliphatic rings. The highest BCUT2D eigenvalue weighted by atomic mass is 16.3. The Morgan fingerprint density at radius 3 is 2.54 bits per heavy atom. The number of aromatic hydroxyl groups is 1. The van der Waals surface area contributed by atoms with E-state index in [4.69, 9.17) is 0 Å². The van der Waals surface area contributed by atoms with E-state index >= 15 is 0 Å². The number of aliphatic hydroxyl groups excluding tert-OH is 1. The monoisotopic (exact) mass is 178 g/mol. The first kappa shape index (κ1) is 9.81. The fourth-order valence-electron chi connectivity index (χ4n) is 1.15. The number of rotatable bonds is 3. The Morgan fingerprint density at radius 1 is 1.38 bits per heavy atom. The van der Waals surface area contributed by atoms with Crippen LogP contribution >= 0.6 is 0 Å². The van der Waals surface area contributed by atoms with Crippen LogP contribution in [0.25, 0.3) is 0 Å². The minimum Gasteiger partial charge on any atom is -0.508 e. The quantitative estimate of drug-likeness (QED) is 0.697. The summed E-state index contributed by atoms with van der Waals surface area (Å²) in [6.07, 6.45) is 0.982. The molecular weight excluding hydrogens is 164 g/mol. The second-order valence-corrected chi connectivity index (χ2v) is 3.10. The molecule has 0 saturated heterocycles. The standard InChI is InChI=1S/C11H14O2/c1-3-8(2)11(13)9-6-4-5-7-10(9)12/h3-8,11-13H,1H2,2H3/t8-,11+/m1/s1. The molecule has 2 atom stereocenters. The summed E-state index contributed by atoms with van der Waals surface area (Å²) < 4.78 is 0. The van der Waals surface area contributed by atoms with Crippen LogP contribution in [-0.2, 0) is 0 Å². The van der Waals surface area contributed by atoms with Gasteiger partial charge < -0.3 is 10.2 Å². The number of benzene rings is 1. The van der Waals surface area contributed by atoms with Gasteiger partial charge in [0.2, 0.25) is 0 Å². The van der Waals surface area contributed by atoms with Crippen molar-refractivity contribution in [3.05, 3.63) is 42.5 Å². The second kappa shape index (κ2) is 4.10. The third-order valence-electron chi connectivity index (χ3n) is 2.13. The lowest BCUT2D eigenvalue weighted by atomic mass is 9.97. The molecule has 2 N–H and O–H groups in total. The average molecular weight is 178 g/mol. The summed E-state index contributed by atoms with van der Waals surface area (Å²) in [5, 5.41) is 19.2. The molecule has 0 saturated carbocycles. The first-order chi connectivity index (χ1) is 6.16. The number of para-hydroxylation sites is 1. The molecule has 2 nitrogen and oxygen atoms in total. The van der Waals surface area contributed by atoms with Crippen LogP contribution in [0.4, 0.5) is 0 Å². The zero-order valence-corrected chi connectivity index (χ0v) is 7.64. The number of aliphatic hydroxyl groups is 1. The van der Waals surface area contributed by atoms with E-state index < -0.39 is 6.10 Å². The molecule has 0 radical (unpaired) electrons. The van der Waals surface area contributed by atoms with E-state index in [1.807, 2.05) is 6.92 Å². The number of phenolic OH excluding ortho intramolecular Hbond substituents is 1. The van der Waals surface area contributed by atoms with E-state index in [9.17, 15) is 10.2 Å². The van der Waals surface area contributed by atoms with Gasteiger partial charge in [0.05, 0.1) is 6.10 Å². The number of hydrogen-bond acceptors (Lipinski definition) is 2. The van der Waals surface area contributed by atoms with Crippen molar-refractivity contribution in [2.24, 2.45) is 5.92 Å². The van der Waals surface area contributed by atoms with Gasteiger partial charge in [0.15, 0.2) is 0 Å². The zero-order valence-electron chi connectivity index (χ0n) is 7.64. The predicted octanol–water partition coefficient (Wildman–Crippen LogP) is 2.25. The minimum atomic E-state index is -0.682. The molecule has 1 aromatic carbocycles. The van der Waals surface area contributed by atoms with Crippen molar-refractivity contribution < 1.29 is 10.2 Å². The summed E-state index contributed by atoms with van der Waals surface area (Å²) in [4.78, 5) is 0. The Balaban J connectivity index is 2.94. The van der Waals surface area contributed by atoms with Crippen molar-refractivity contribution in [3.63, 3.8) is 0 Å². The molecule has 13 heavy (non-hydrogen) atoms. The maximum atomic E-state index is 9.74. The first-order valence-corrected chi connectivity index (χ1v) is 4.25. The lowest BCUT2D eigenvalue weighted by Gasteiger charge is -2.16. The summed E-state index contributed by atoms with van der Waals surface area (Å²) in [5.41, 5.74) is 0.551. The summed E-state index contributed by atoms with van der Waals surface area (Å²) in [7, 11) is 0. The van der Waals surface area contributed by atoms with Gasteiger partial charge in [0, 0.05) is 11.5 Å². The molecule has 2 heteroatoms. The maximum Gasteiger partial charge on any atom is 0.121 e. The van der Waals surface area contributed by atoms with Gasteiger partial charge in [-0.25, -0.2) is 0 Å². The number of phenols is 1. The zero-order chi connectivity index (χ0) is 9.84. The summed E-state index contributed by atoms with van der Waals surface area (Å²) in [5.74, 6) is 0.0667. The molecule has 0 amide bonds. The van der Waals surface area contributed by atoms with Gasteiger partial charge in [0.1, 0.15) is 5.75 Å². The van der Waals surface area contributed by atoms with E-state index in [0.29, 0.717) is 5.56 Å². The predicted molar refractivity (Wildman–Crippen MR) is 52.4 cm³/mol. The normalized spacial score (nSPS) is 14.9. The van der Waals surface area contributed by atoms with Crippen LogP contribution in [-0.4, -0.2) is 10.2 Å². The third-order valence-corrected chi connectivity index (χ3v) is 2.13. The van der Waals surface area contributed by atoms with Gasteiger partial charge in [-0.3, -0.25) is 0 Å².